The van der Waals surface area contributed by atoms with Crippen LogP contribution in [-0.2, 0) is 28.8 Å². The fraction of sp³-hybridized carbons (Fsp3) is 0.111. The fourth-order valence-corrected chi connectivity index (χ4v) is 3.26. The monoisotopic (exact) mass is 444 g/mol. The number of hydrogen-bond donors (Lipinski definition) is 2. The second-order valence-corrected chi connectivity index (χ2v) is 7.19. The minimum absolute atomic E-state index is 0.0246. The number of aromatic nitrogens is 2. The van der Waals surface area contributed by atoms with Gasteiger partial charge in [-0.1, -0.05) is 0 Å². The first kappa shape index (κ1) is 21.7. The van der Waals surface area contributed by atoms with Crippen LogP contribution in [0.1, 0.15) is 11.1 Å². The molecule has 30 heavy (non-hydrogen) atoms. The van der Waals surface area contributed by atoms with Crippen LogP contribution in [0.2, 0.25) is 0 Å². The third-order valence-electron chi connectivity index (χ3n) is 3.90. The Hall–Kier alpha value is -2.96. The molecule has 0 aliphatic carbocycles. The van der Waals surface area contributed by atoms with E-state index >= 15 is 0 Å². The SMILES string of the molecule is N[S+]([O-])c1cc(NC(=O)Cc2cc(F)cc(F)c2)ccc1-n1cc(C(F)(F)F)cn1. The van der Waals surface area contributed by atoms with E-state index in [0.717, 1.165) is 16.8 Å². The van der Waals surface area contributed by atoms with Crippen molar-refractivity contribution in [3.05, 3.63) is 71.6 Å². The molecule has 3 aromatic rings. The summed E-state index contributed by atoms with van der Waals surface area (Å²) >= 11 is -2.11. The summed E-state index contributed by atoms with van der Waals surface area (Å²) in [6.07, 6.45) is -3.63. The average molecular weight is 444 g/mol. The zero-order chi connectivity index (χ0) is 22.1. The zero-order valence-electron chi connectivity index (χ0n) is 14.9. The molecule has 1 amide bonds. The van der Waals surface area contributed by atoms with E-state index in [-0.39, 0.29) is 28.3 Å². The van der Waals surface area contributed by atoms with Crippen molar-refractivity contribution < 1.29 is 31.3 Å². The molecule has 0 fully saturated rings. The van der Waals surface area contributed by atoms with Crippen LogP contribution >= 0.6 is 0 Å². The Labute approximate surface area is 169 Å². The Bertz CT molecular complexity index is 1060. The molecule has 1 unspecified atom stereocenters. The topological polar surface area (TPSA) is 96.0 Å². The van der Waals surface area contributed by atoms with Crippen molar-refractivity contribution >= 4 is 23.0 Å². The maximum absolute atomic E-state index is 13.2. The lowest BCUT2D eigenvalue weighted by Crippen LogP contribution is -2.18. The molecule has 3 N–H and O–H groups in total. The molecule has 0 aliphatic rings. The molecule has 12 heteroatoms. The van der Waals surface area contributed by atoms with Crippen LogP contribution in [0.3, 0.4) is 0 Å². The molecule has 3 rings (SSSR count). The number of rotatable bonds is 5. The van der Waals surface area contributed by atoms with E-state index in [1.165, 1.54) is 18.2 Å². The Morgan fingerprint density at radius 2 is 1.83 bits per heavy atom. The first-order valence-corrected chi connectivity index (χ1v) is 9.41. The van der Waals surface area contributed by atoms with Gasteiger partial charge in [0.25, 0.3) is 0 Å². The molecule has 0 spiro atoms. The Morgan fingerprint density at radius 1 is 1.17 bits per heavy atom. The van der Waals surface area contributed by atoms with Gasteiger partial charge in [0.1, 0.15) is 17.3 Å². The van der Waals surface area contributed by atoms with Crippen molar-refractivity contribution in [1.82, 2.24) is 9.78 Å². The lowest BCUT2D eigenvalue weighted by atomic mass is 10.1. The van der Waals surface area contributed by atoms with Crippen LogP contribution in [-0.4, -0.2) is 20.2 Å². The van der Waals surface area contributed by atoms with Crippen LogP contribution < -0.4 is 10.5 Å². The number of nitrogens with zero attached hydrogens (tertiary/aromatic N) is 2. The number of anilines is 1. The Kier molecular flexibility index (Phi) is 6.10. The van der Waals surface area contributed by atoms with Gasteiger partial charge in [0.2, 0.25) is 10.8 Å². The highest BCUT2D eigenvalue weighted by Gasteiger charge is 2.32. The van der Waals surface area contributed by atoms with E-state index in [9.17, 15) is 31.3 Å². The zero-order valence-corrected chi connectivity index (χ0v) is 15.7. The molecular weight excluding hydrogens is 431 g/mol. The van der Waals surface area contributed by atoms with Crippen molar-refractivity contribution in [3.63, 3.8) is 0 Å². The largest absolute Gasteiger partial charge is 0.593 e. The van der Waals surface area contributed by atoms with Gasteiger partial charge in [-0.2, -0.15) is 18.3 Å². The van der Waals surface area contributed by atoms with Crippen molar-refractivity contribution in [3.8, 4) is 5.69 Å². The number of nitrogens with one attached hydrogen (secondary N) is 1. The summed E-state index contributed by atoms with van der Waals surface area (Å²) in [5, 5.41) is 11.5. The third kappa shape index (κ3) is 5.14. The molecule has 0 radical (unpaired) electrons. The number of amides is 1. The number of halogens is 5. The quantitative estimate of drug-likeness (QED) is 0.466. The third-order valence-corrected chi connectivity index (χ3v) is 4.66. The van der Waals surface area contributed by atoms with Crippen molar-refractivity contribution in [2.75, 3.05) is 5.32 Å². The predicted molar refractivity (Wildman–Crippen MR) is 97.9 cm³/mol. The van der Waals surface area contributed by atoms with Crippen LogP contribution in [0.4, 0.5) is 27.6 Å². The maximum Gasteiger partial charge on any atom is 0.419 e. The summed E-state index contributed by atoms with van der Waals surface area (Å²) in [7, 11) is 0. The number of hydrogen-bond acceptors (Lipinski definition) is 4. The molecule has 0 saturated carbocycles. The maximum atomic E-state index is 13.2. The first-order chi connectivity index (χ1) is 14.0. The van der Waals surface area contributed by atoms with Gasteiger partial charge in [-0.3, -0.25) is 4.79 Å². The predicted octanol–water partition coefficient (Wildman–Crippen LogP) is 3.33. The van der Waals surface area contributed by atoms with Crippen LogP contribution in [0.5, 0.6) is 0 Å². The summed E-state index contributed by atoms with van der Waals surface area (Å²) < 4.78 is 77.5. The molecule has 1 aromatic heterocycles. The van der Waals surface area contributed by atoms with E-state index in [1.807, 2.05) is 0 Å². The van der Waals surface area contributed by atoms with Gasteiger partial charge in [-0.15, -0.1) is 5.14 Å². The average Bonchev–Trinajstić information content (AvgIpc) is 3.10. The second kappa shape index (κ2) is 8.42. The molecule has 0 saturated heterocycles. The van der Waals surface area contributed by atoms with E-state index in [4.69, 9.17) is 5.14 Å². The van der Waals surface area contributed by atoms with E-state index in [2.05, 4.69) is 10.4 Å². The number of alkyl halides is 3. The summed E-state index contributed by atoms with van der Waals surface area (Å²) in [6.45, 7) is 0. The van der Waals surface area contributed by atoms with Gasteiger partial charge in [-0.05, 0) is 29.8 Å². The number of benzene rings is 2. The summed E-state index contributed by atoms with van der Waals surface area (Å²) in [4.78, 5) is 12.1. The molecular formula is C18H13F5N4O2S. The van der Waals surface area contributed by atoms with E-state index in [1.54, 1.807) is 0 Å². The van der Waals surface area contributed by atoms with Crippen LogP contribution in [0.15, 0.2) is 53.7 Å². The van der Waals surface area contributed by atoms with E-state index < -0.39 is 40.6 Å². The van der Waals surface area contributed by atoms with Gasteiger partial charge >= 0.3 is 6.18 Å². The van der Waals surface area contributed by atoms with Crippen molar-refractivity contribution in [1.29, 1.82) is 0 Å². The lowest BCUT2D eigenvalue weighted by molar-refractivity contribution is -0.137. The normalized spacial score (nSPS) is 12.6. The highest BCUT2D eigenvalue weighted by atomic mass is 32.2. The minimum Gasteiger partial charge on any atom is -0.593 e. The number of carbonyl (C=O) groups is 1. The molecule has 0 aliphatic heterocycles. The van der Waals surface area contributed by atoms with Gasteiger partial charge in [-0.25, -0.2) is 13.5 Å². The van der Waals surface area contributed by atoms with Gasteiger partial charge < -0.3 is 9.87 Å². The van der Waals surface area contributed by atoms with Gasteiger partial charge in [0, 0.05) is 24.0 Å². The lowest BCUT2D eigenvalue weighted by Gasteiger charge is -2.12. The Morgan fingerprint density at radius 3 is 2.40 bits per heavy atom. The van der Waals surface area contributed by atoms with E-state index in [0.29, 0.717) is 18.5 Å². The minimum atomic E-state index is -4.61. The summed E-state index contributed by atoms with van der Waals surface area (Å²) in [5.74, 6) is -2.29. The van der Waals surface area contributed by atoms with Gasteiger partial charge in [0.15, 0.2) is 0 Å². The highest BCUT2D eigenvalue weighted by Crippen LogP contribution is 2.30. The Balaban J connectivity index is 1.82. The summed E-state index contributed by atoms with van der Waals surface area (Å²) in [5.41, 5.74) is -0.745. The smallest absolute Gasteiger partial charge is 0.419 e. The van der Waals surface area contributed by atoms with Crippen LogP contribution in [0, 0.1) is 11.6 Å². The molecule has 1 heterocycles. The second-order valence-electron chi connectivity index (χ2n) is 6.15. The number of carbonyl (C=O) groups excluding carboxylic acids is 1. The molecule has 158 valence electrons. The first-order valence-electron chi connectivity index (χ1n) is 8.20. The van der Waals surface area contributed by atoms with Crippen LogP contribution in [0.25, 0.3) is 5.69 Å². The van der Waals surface area contributed by atoms with Crippen molar-refractivity contribution in [2.45, 2.75) is 17.5 Å². The van der Waals surface area contributed by atoms with Gasteiger partial charge in [0.05, 0.1) is 29.5 Å². The molecule has 6 nitrogen and oxygen atoms in total. The molecule has 0 bridgehead atoms. The molecule has 1 atom stereocenters. The number of nitrogens with two attached hydrogens (primary N) is 1. The standard InChI is InChI=1S/C18H13F5N4O2S/c19-12-3-10(4-13(20)6-12)5-17(28)26-14-1-2-15(16(7-14)30(24)29)27-9-11(8-25-27)18(21,22)23/h1-4,6-9H,5,24H2,(H,26,28). The summed E-state index contributed by atoms with van der Waals surface area (Å²) in [6, 6.07) is 6.51. The van der Waals surface area contributed by atoms with Crippen molar-refractivity contribution in [2.24, 2.45) is 5.14 Å². The molecule has 2 aromatic carbocycles. The highest BCUT2D eigenvalue weighted by molar-refractivity contribution is 7.89. The fourth-order valence-electron chi connectivity index (χ4n) is 2.65.